The standard InChI is InChI=1S/C15H24N2O2.ClH/c1-11(2)9-15(3,10-16)17-14(19)13(18)12-7-5-4-6-8-12;/h4-8,11,13,18H,9-10,16H2,1-3H3,(H,17,19);1H. The molecule has 20 heavy (non-hydrogen) atoms. The van der Waals surface area contributed by atoms with Crippen LogP contribution >= 0.6 is 12.4 Å². The predicted octanol–water partition coefficient (Wildman–Crippen LogP) is 2.02. The summed E-state index contributed by atoms with van der Waals surface area (Å²) in [5.41, 5.74) is 5.85. The molecule has 2 unspecified atom stereocenters. The van der Waals surface area contributed by atoms with Gasteiger partial charge in [-0.3, -0.25) is 4.79 Å². The molecule has 1 aromatic carbocycles. The molecule has 5 heteroatoms. The van der Waals surface area contributed by atoms with Gasteiger partial charge in [0.1, 0.15) is 0 Å². The first-order chi connectivity index (χ1) is 8.88. The van der Waals surface area contributed by atoms with Crippen molar-refractivity contribution >= 4 is 18.3 Å². The molecule has 0 radical (unpaired) electrons. The maximum Gasteiger partial charge on any atom is 0.253 e. The van der Waals surface area contributed by atoms with E-state index in [-0.39, 0.29) is 12.4 Å². The normalized spacial score (nSPS) is 15.1. The van der Waals surface area contributed by atoms with Crippen molar-refractivity contribution < 1.29 is 9.90 Å². The third kappa shape index (κ3) is 5.49. The zero-order valence-corrected chi connectivity index (χ0v) is 13.1. The van der Waals surface area contributed by atoms with Crippen molar-refractivity contribution in [2.45, 2.75) is 38.8 Å². The first-order valence-electron chi connectivity index (χ1n) is 6.63. The molecule has 0 aliphatic rings. The van der Waals surface area contributed by atoms with Crippen LogP contribution in [0.25, 0.3) is 0 Å². The highest BCUT2D eigenvalue weighted by Crippen LogP contribution is 2.18. The van der Waals surface area contributed by atoms with Crippen molar-refractivity contribution in [1.82, 2.24) is 5.32 Å². The van der Waals surface area contributed by atoms with Crippen molar-refractivity contribution in [3.8, 4) is 0 Å². The van der Waals surface area contributed by atoms with Crippen LogP contribution in [0.1, 0.15) is 38.9 Å². The van der Waals surface area contributed by atoms with Crippen LogP contribution in [0.3, 0.4) is 0 Å². The van der Waals surface area contributed by atoms with E-state index in [1.807, 2.05) is 13.0 Å². The average molecular weight is 301 g/mol. The lowest BCUT2D eigenvalue weighted by Crippen LogP contribution is -2.53. The number of hydrogen-bond acceptors (Lipinski definition) is 3. The van der Waals surface area contributed by atoms with Crippen LogP contribution in [-0.2, 0) is 4.79 Å². The van der Waals surface area contributed by atoms with Crippen molar-refractivity contribution in [2.75, 3.05) is 6.54 Å². The van der Waals surface area contributed by atoms with Gasteiger partial charge in [0.05, 0.1) is 0 Å². The van der Waals surface area contributed by atoms with Crippen LogP contribution in [0.15, 0.2) is 30.3 Å². The zero-order valence-electron chi connectivity index (χ0n) is 12.3. The molecule has 0 aliphatic carbocycles. The molecule has 1 amide bonds. The number of nitrogens with two attached hydrogens (primary N) is 1. The molecule has 0 spiro atoms. The number of hydrogen-bond donors (Lipinski definition) is 3. The van der Waals surface area contributed by atoms with E-state index in [2.05, 4.69) is 19.2 Å². The van der Waals surface area contributed by atoms with Crippen molar-refractivity contribution in [2.24, 2.45) is 11.7 Å². The molecule has 1 rings (SSSR count). The van der Waals surface area contributed by atoms with Gasteiger partial charge in [0.2, 0.25) is 0 Å². The Hall–Kier alpha value is -1.10. The van der Waals surface area contributed by atoms with E-state index in [9.17, 15) is 9.90 Å². The van der Waals surface area contributed by atoms with Gasteiger partial charge in [-0.25, -0.2) is 0 Å². The summed E-state index contributed by atoms with van der Waals surface area (Å²) in [4.78, 5) is 12.1. The van der Waals surface area contributed by atoms with E-state index in [4.69, 9.17) is 5.73 Å². The van der Waals surface area contributed by atoms with Crippen LogP contribution in [0.4, 0.5) is 0 Å². The minimum atomic E-state index is -1.15. The van der Waals surface area contributed by atoms with Gasteiger partial charge in [0.25, 0.3) is 5.91 Å². The topological polar surface area (TPSA) is 75.3 Å². The van der Waals surface area contributed by atoms with E-state index in [0.717, 1.165) is 6.42 Å². The predicted molar refractivity (Wildman–Crippen MR) is 83.7 cm³/mol. The second-order valence-electron chi connectivity index (χ2n) is 5.67. The van der Waals surface area contributed by atoms with E-state index in [0.29, 0.717) is 18.0 Å². The van der Waals surface area contributed by atoms with Crippen LogP contribution in [0.5, 0.6) is 0 Å². The molecule has 4 nitrogen and oxygen atoms in total. The smallest absolute Gasteiger partial charge is 0.253 e. The molecule has 1 aromatic rings. The number of carbonyl (C=O) groups excluding carboxylic acids is 1. The second-order valence-corrected chi connectivity index (χ2v) is 5.67. The average Bonchev–Trinajstić information content (AvgIpc) is 2.37. The Balaban J connectivity index is 0.00000361. The van der Waals surface area contributed by atoms with Crippen LogP contribution in [-0.4, -0.2) is 23.1 Å². The first kappa shape index (κ1) is 18.9. The van der Waals surface area contributed by atoms with E-state index in [1.165, 1.54) is 0 Å². The number of benzene rings is 1. The molecule has 2 atom stereocenters. The van der Waals surface area contributed by atoms with Crippen molar-refractivity contribution in [1.29, 1.82) is 0 Å². The number of aliphatic hydroxyl groups excluding tert-OH is 1. The maximum atomic E-state index is 12.1. The summed E-state index contributed by atoms with van der Waals surface area (Å²) in [6, 6.07) is 8.89. The Morgan fingerprint density at radius 1 is 1.35 bits per heavy atom. The number of aliphatic hydroxyl groups is 1. The molecule has 0 fully saturated rings. The molecule has 0 saturated heterocycles. The number of halogens is 1. The Labute approximate surface area is 127 Å². The van der Waals surface area contributed by atoms with Crippen LogP contribution < -0.4 is 11.1 Å². The highest BCUT2D eigenvalue weighted by atomic mass is 35.5. The highest BCUT2D eigenvalue weighted by molar-refractivity contribution is 5.85. The molecule has 4 N–H and O–H groups in total. The van der Waals surface area contributed by atoms with Crippen LogP contribution in [0.2, 0.25) is 0 Å². The molecule has 0 aliphatic heterocycles. The fraction of sp³-hybridized carbons (Fsp3) is 0.533. The highest BCUT2D eigenvalue weighted by Gasteiger charge is 2.29. The molecule has 114 valence electrons. The van der Waals surface area contributed by atoms with E-state index in [1.54, 1.807) is 24.3 Å². The molecule has 0 aromatic heterocycles. The van der Waals surface area contributed by atoms with Crippen molar-refractivity contribution in [3.63, 3.8) is 0 Å². The minimum Gasteiger partial charge on any atom is -0.378 e. The quantitative estimate of drug-likeness (QED) is 0.752. The number of nitrogens with one attached hydrogen (secondary N) is 1. The molecule has 0 heterocycles. The van der Waals surface area contributed by atoms with Gasteiger partial charge in [-0.15, -0.1) is 12.4 Å². The Bertz CT molecular complexity index is 412. The van der Waals surface area contributed by atoms with E-state index >= 15 is 0 Å². The Kier molecular flexibility index (Phi) is 7.79. The molecular weight excluding hydrogens is 276 g/mol. The van der Waals surface area contributed by atoms with Gasteiger partial charge >= 0.3 is 0 Å². The maximum absolute atomic E-state index is 12.1. The minimum absolute atomic E-state index is 0. The number of rotatable bonds is 6. The lowest BCUT2D eigenvalue weighted by Gasteiger charge is -2.32. The van der Waals surface area contributed by atoms with E-state index < -0.39 is 17.6 Å². The largest absolute Gasteiger partial charge is 0.378 e. The first-order valence-corrected chi connectivity index (χ1v) is 6.63. The monoisotopic (exact) mass is 300 g/mol. The third-order valence-corrected chi connectivity index (χ3v) is 3.10. The van der Waals surface area contributed by atoms with Gasteiger partial charge in [0.15, 0.2) is 6.10 Å². The third-order valence-electron chi connectivity index (χ3n) is 3.10. The van der Waals surface area contributed by atoms with Gasteiger partial charge < -0.3 is 16.2 Å². The zero-order chi connectivity index (χ0) is 14.5. The Morgan fingerprint density at radius 2 is 1.90 bits per heavy atom. The number of amides is 1. The summed E-state index contributed by atoms with van der Waals surface area (Å²) in [6.07, 6.45) is -0.379. The van der Waals surface area contributed by atoms with Crippen molar-refractivity contribution in [3.05, 3.63) is 35.9 Å². The lowest BCUT2D eigenvalue weighted by molar-refractivity contribution is -0.131. The lowest BCUT2D eigenvalue weighted by atomic mass is 9.90. The SMILES string of the molecule is CC(C)CC(C)(CN)NC(=O)C(O)c1ccccc1.Cl. The summed E-state index contributed by atoms with van der Waals surface area (Å²) in [6.45, 7) is 6.41. The summed E-state index contributed by atoms with van der Waals surface area (Å²) in [7, 11) is 0. The fourth-order valence-electron chi connectivity index (χ4n) is 2.24. The second kappa shape index (κ2) is 8.25. The van der Waals surface area contributed by atoms with Gasteiger partial charge in [-0.2, -0.15) is 0 Å². The van der Waals surface area contributed by atoms with Crippen LogP contribution in [0, 0.1) is 5.92 Å². The van der Waals surface area contributed by atoms with Gasteiger partial charge in [-0.1, -0.05) is 44.2 Å². The Morgan fingerprint density at radius 3 is 2.35 bits per heavy atom. The molecule has 0 saturated carbocycles. The summed E-state index contributed by atoms with van der Waals surface area (Å²) >= 11 is 0. The molecular formula is C15H25ClN2O2. The summed E-state index contributed by atoms with van der Waals surface area (Å²) in [5.74, 6) is 0.0162. The molecule has 0 bridgehead atoms. The summed E-state index contributed by atoms with van der Waals surface area (Å²) in [5, 5.41) is 12.9. The summed E-state index contributed by atoms with van der Waals surface area (Å²) < 4.78 is 0. The number of carbonyl (C=O) groups is 1. The fourth-order valence-corrected chi connectivity index (χ4v) is 2.24. The van der Waals surface area contributed by atoms with Gasteiger partial charge in [-0.05, 0) is 24.8 Å². The van der Waals surface area contributed by atoms with Gasteiger partial charge in [0, 0.05) is 12.1 Å².